The first kappa shape index (κ1) is 14.5. The maximum absolute atomic E-state index is 2.45. The molecule has 1 rings (SSSR count). The topological polar surface area (TPSA) is 0 Å². The van der Waals surface area contributed by atoms with E-state index in [0.717, 1.165) is 17.8 Å². The maximum Gasteiger partial charge on any atom is -0.0222 e. The molecule has 2 unspecified atom stereocenters. The minimum atomic E-state index is 0.767. The molecule has 1 aliphatic rings. The highest BCUT2D eigenvalue weighted by Gasteiger charge is 2.12. The second kappa shape index (κ2) is 7.74. The summed E-state index contributed by atoms with van der Waals surface area (Å²) in [5.74, 6) is 2.43. The van der Waals surface area contributed by atoms with Gasteiger partial charge in [0.1, 0.15) is 0 Å². The van der Waals surface area contributed by atoms with Crippen molar-refractivity contribution in [3.63, 3.8) is 0 Å². The predicted octanol–water partition coefficient (Wildman–Crippen LogP) is 5.75. The first-order valence-electron chi connectivity index (χ1n) is 7.44. The predicted molar refractivity (Wildman–Crippen MR) is 78.1 cm³/mol. The Morgan fingerprint density at radius 2 is 2.00 bits per heavy atom. The van der Waals surface area contributed by atoms with Crippen LogP contribution in [-0.4, -0.2) is 0 Å². The monoisotopic (exact) mass is 234 g/mol. The summed E-state index contributed by atoms with van der Waals surface area (Å²) in [6.45, 7) is 9.22. The normalized spacial score (nSPS) is 21.7. The molecule has 0 bridgehead atoms. The summed E-state index contributed by atoms with van der Waals surface area (Å²) >= 11 is 0. The van der Waals surface area contributed by atoms with E-state index in [1.165, 1.54) is 38.5 Å². The molecule has 0 heterocycles. The lowest BCUT2D eigenvalue weighted by molar-refractivity contribution is 0.546. The summed E-state index contributed by atoms with van der Waals surface area (Å²) < 4.78 is 0. The smallest absolute Gasteiger partial charge is 0.0222 e. The van der Waals surface area contributed by atoms with Gasteiger partial charge in [0.25, 0.3) is 0 Å². The highest BCUT2D eigenvalue weighted by Crippen LogP contribution is 2.29. The van der Waals surface area contributed by atoms with Gasteiger partial charge in [0.2, 0.25) is 0 Å². The zero-order valence-corrected chi connectivity index (χ0v) is 12.2. The van der Waals surface area contributed by atoms with Gasteiger partial charge in [0, 0.05) is 0 Å². The van der Waals surface area contributed by atoms with Crippen LogP contribution in [0.25, 0.3) is 0 Å². The molecule has 0 aromatic heterocycles. The lowest BCUT2D eigenvalue weighted by Gasteiger charge is -2.21. The molecule has 0 nitrogen and oxygen atoms in total. The van der Waals surface area contributed by atoms with E-state index in [4.69, 9.17) is 0 Å². The molecule has 0 spiro atoms. The Balaban J connectivity index is 1.98. The molecule has 0 saturated carbocycles. The van der Waals surface area contributed by atoms with Gasteiger partial charge in [-0.3, -0.25) is 0 Å². The standard InChI is InChI=1S/C17H30/c1-14(2)8-7-10-15(3)9-5-6-11-17-12-16(4)13-17/h7,10,12,14-16H,5-6,8-9,11,13H2,1-4H3. The Labute approximate surface area is 108 Å². The lowest BCUT2D eigenvalue weighted by atomic mass is 9.85. The molecule has 0 saturated heterocycles. The summed E-state index contributed by atoms with van der Waals surface area (Å²) in [5, 5.41) is 0. The van der Waals surface area contributed by atoms with Crippen LogP contribution in [-0.2, 0) is 0 Å². The second-order valence-corrected chi connectivity index (χ2v) is 6.29. The molecule has 17 heavy (non-hydrogen) atoms. The molecule has 0 aliphatic heterocycles. The third-order valence-electron chi connectivity index (χ3n) is 3.58. The van der Waals surface area contributed by atoms with Gasteiger partial charge in [-0.2, -0.15) is 0 Å². The lowest BCUT2D eigenvalue weighted by Crippen LogP contribution is -2.05. The van der Waals surface area contributed by atoms with Crippen LogP contribution in [0, 0.1) is 17.8 Å². The largest absolute Gasteiger partial charge is 0.0880 e. The Hall–Kier alpha value is -0.520. The van der Waals surface area contributed by atoms with Crippen molar-refractivity contribution in [2.45, 2.75) is 66.2 Å². The third kappa shape index (κ3) is 6.71. The summed E-state index contributed by atoms with van der Waals surface area (Å²) in [7, 11) is 0. The molecule has 0 amide bonds. The van der Waals surface area contributed by atoms with E-state index in [-0.39, 0.29) is 0 Å². The quantitative estimate of drug-likeness (QED) is 0.370. The van der Waals surface area contributed by atoms with E-state index in [9.17, 15) is 0 Å². The minimum absolute atomic E-state index is 0.767. The molecule has 0 aromatic rings. The van der Waals surface area contributed by atoms with Gasteiger partial charge in [-0.25, -0.2) is 0 Å². The zero-order valence-electron chi connectivity index (χ0n) is 12.2. The van der Waals surface area contributed by atoms with E-state index in [1.54, 1.807) is 5.57 Å². The van der Waals surface area contributed by atoms with Gasteiger partial charge in [-0.05, 0) is 49.9 Å². The van der Waals surface area contributed by atoms with Gasteiger partial charge in [0.05, 0.1) is 0 Å². The van der Waals surface area contributed by atoms with Gasteiger partial charge >= 0.3 is 0 Å². The van der Waals surface area contributed by atoms with Crippen LogP contribution in [0.4, 0.5) is 0 Å². The van der Waals surface area contributed by atoms with Gasteiger partial charge < -0.3 is 0 Å². The molecule has 1 aliphatic carbocycles. The molecule has 0 N–H and O–H groups in total. The first-order chi connectivity index (χ1) is 8.08. The molecule has 0 aromatic carbocycles. The first-order valence-corrected chi connectivity index (χ1v) is 7.44. The zero-order chi connectivity index (χ0) is 12.7. The van der Waals surface area contributed by atoms with Crippen molar-refractivity contribution in [1.29, 1.82) is 0 Å². The maximum atomic E-state index is 2.45. The van der Waals surface area contributed by atoms with E-state index < -0.39 is 0 Å². The fourth-order valence-electron chi connectivity index (χ4n) is 2.47. The van der Waals surface area contributed by atoms with Crippen molar-refractivity contribution < 1.29 is 0 Å². The van der Waals surface area contributed by atoms with Crippen LogP contribution in [0.5, 0.6) is 0 Å². The van der Waals surface area contributed by atoms with Crippen molar-refractivity contribution in [2.24, 2.45) is 17.8 Å². The molecule has 0 radical (unpaired) electrons. The Morgan fingerprint density at radius 1 is 1.29 bits per heavy atom. The highest BCUT2D eigenvalue weighted by molar-refractivity contribution is 5.15. The number of rotatable bonds is 8. The van der Waals surface area contributed by atoms with Crippen LogP contribution in [0.1, 0.15) is 66.2 Å². The third-order valence-corrected chi connectivity index (χ3v) is 3.58. The number of unbranched alkanes of at least 4 members (excludes halogenated alkanes) is 1. The van der Waals surface area contributed by atoms with Crippen LogP contribution >= 0.6 is 0 Å². The summed E-state index contributed by atoms with van der Waals surface area (Å²) in [6, 6.07) is 0. The average Bonchev–Trinajstić information content (AvgIpc) is 2.20. The van der Waals surface area contributed by atoms with Crippen molar-refractivity contribution in [3.8, 4) is 0 Å². The summed E-state index contributed by atoms with van der Waals surface area (Å²) in [4.78, 5) is 0. The number of hydrogen-bond acceptors (Lipinski definition) is 0. The SMILES string of the molecule is CC(C)CC=CC(C)CCCCC1=CC(C)C1. The van der Waals surface area contributed by atoms with Crippen LogP contribution in [0.2, 0.25) is 0 Å². The van der Waals surface area contributed by atoms with Crippen LogP contribution in [0.15, 0.2) is 23.8 Å². The van der Waals surface area contributed by atoms with Crippen LogP contribution < -0.4 is 0 Å². The van der Waals surface area contributed by atoms with E-state index >= 15 is 0 Å². The fraction of sp³-hybridized carbons (Fsp3) is 0.765. The van der Waals surface area contributed by atoms with Crippen molar-refractivity contribution in [3.05, 3.63) is 23.8 Å². The van der Waals surface area contributed by atoms with E-state index in [2.05, 4.69) is 45.9 Å². The number of hydrogen-bond donors (Lipinski definition) is 0. The van der Waals surface area contributed by atoms with Crippen molar-refractivity contribution in [1.82, 2.24) is 0 Å². The average molecular weight is 234 g/mol. The summed E-state index contributed by atoms with van der Waals surface area (Å²) in [6.07, 6.45) is 15.3. The molecule has 0 heteroatoms. The number of allylic oxidation sites excluding steroid dienone is 4. The van der Waals surface area contributed by atoms with Crippen molar-refractivity contribution >= 4 is 0 Å². The van der Waals surface area contributed by atoms with E-state index in [0.29, 0.717) is 0 Å². The molecular weight excluding hydrogens is 204 g/mol. The Bertz CT molecular complexity index is 257. The highest BCUT2D eigenvalue weighted by atomic mass is 14.2. The van der Waals surface area contributed by atoms with Crippen molar-refractivity contribution in [2.75, 3.05) is 0 Å². The molecule has 98 valence electrons. The van der Waals surface area contributed by atoms with Gasteiger partial charge in [-0.15, -0.1) is 0 Å². The minimum Gasteiger partial charge on any atom is -0.0880 e. The van der Waals surface area contributed by atoms with Gasteiger partial charge in [-0.1, -0.05) is 57.9 Å². The Kier molecular flexibility index (Phi) is 6.62. The molecule has 2 atom stereocenters. The van der Waals surface area contributed by atoms with Crippen LogP contribution in [0.3, 0.4) is 0 Å². The van der Waals surface area contributed by atoms with Gasteiger partial charge in [0.15, 0.2) is 0 Å². The fourth-order valence-corrected chi connectivity index (χ4v) is 2.47. The Morgan fingerprint density at radius 3 is 2.59 bits per heavy atom. The van der Waals surface area contributed by atoms with E-state index in [1.807, 2.05) is 0 Å². The second-order valence-electron chi connectivity index (χ2n) is 6.29. The summed E-state index contributed by atoms with van der Waals surface area (Å²) in [5.41, 5.74) is 1.71. The molecular formula is C17H30. The molecule has 0 fully saturated rings.